The monoisotopic (exact) mass is 281 g/mol. The molecule has 104 valence electrons. The Labute approximate surface area is 117 Å². The van der Waals surface area contributed by atoms with Gasteiger partial charge >= 0.3 is 5.97 Å². The van der Waals surface area contributed by atoms with E-state index in [2.05, 4.69) is 5.32 Å². The largest absolute Gasteiger partial charge is 0.452 e. The van der Waals surface area contributed by atoms with E-state index in [-0.39, 0.29) is 18.6 Å². The minimum absolute atomic E-state index is 0.177. The minimum atomic E-state index is -0.420. The quantitative estimate of drug-likeness (QED) is 0.843. The van der Waals surface area contributed by atoms with Crippen LogP contribution in [0, 0.1) is 19.8 Å². The summed E-state index contributed by atoms with van der Waals surface area (Å²) >= 11 is 1.55. The van der Waals surface area contributed by atoms with Gasteiger partial charge in [0.1, 0.15) is 0 Å². The third-order valence-corrected chi connectivity index (χ3v) is 4.28. The maximum Gasteiger partial charge on any atom is 0.339 e. The zero-order valence-electron chi connectivity index (χ0n) is 11.5. The first-order valence-corrected chi connectivity index (χ1v) is 7.32. The first-order valence-electron chi connectivity index (χ1n) is 6.51. The molecular weight excluding hydrogens is 262 g/mol. The molecule has 0 unspecified atom stereocenters. The van der Waals surface area contributed by atoms with E-state index in [1.807, 2.05) is 20.8 Å². The zero-order valence-corrected chi connectivity index (χ0v) is 12.3. The fourth-order valence-electron chi connectivity index (χ4n) is 2.05. The lowest BCUT2D eigenvalue weighted by atomic mass is 10.2. The molecule has 1 aromatic rings. The molecule has 0 saturated heterocycles. The predicted octanol–water partition coefficient (Wildman–Crippen LogP) is 2.44. The Kier molecular flexibility index (Phi) is 4.24. The van der Waals surface area contributed by atoms with Crippen molar-refractivity contribution in [1.82, 2.24) is 5.32 Å². The van der Waals surface area contributed by atoms with Crippen molar-refractivity contribution in [2.45, 2.75) is 39.7 Å². The number of esters is 1. The van der Waals surface area contributed by atoms with Crippen LogP contribution in [0.15, 0.2) is 6.07 Å². The van der Waals surface area contributed by atoms with Gasteiger partial charge in [0.2, 0.25) is 0 Å². The Morgan fingerprint density at radius 3 is 2.68 bits per heavy atom. The van der Waals surface area contributed by atoms with Crippen LogP contribution in [0.4, 0.5) is 0 Å². The second-order valence-electron chi connectivity index (χ2n) is 5.10. The second-order valence-corrected chi connectivity index (χ2v) is 6.56. The number of thiophene rings is 1. The van der Waals surface area contributed by atoms with Gasteiger partial charge in [0.15, 0.2) is 6.61 Å². The van der Waals surface area contributed by atoms with Gasteiger partial charge in [-0.2, -0.15) is 0 Å². The molecule has 19 heavy (non-hydrogen) atoms. The van der Waals surface area contributed by atoms with Gasteiger partial charge in [-0.3, -0.25) is 4.79 Å². The van der Waals surface area contributed by atoms with Crippen LogP contribution in [-0.2, 0) is 9.53 Å². The van der Waals surface area contributed by atoms with E-state index in [9.17, 15) is 9.59 Å². The molecule has 0 radical (unpaired) electrons. The molecule has 1 amide bonds. The summed E-state index contributed by atoms with van der Waals surface area (Å²) in [6, 6.07) is 1.98. The van der Waals surface area contributed by atoms with Gasteiger partial charge in [-0.1, -0.05) is 0 Å². The van der Waals surface area contributed by atoms with Gasteiger partial charge in [-0.25, -0.2) is 4.79 Å². The van der Waals surface area contributed by atoms with Crippen LogP contribution in [0.25, 0.3) is 0 Å². The molecule has 1 N–H and O–H groups in total. The third-order valence-electron chi connectivity index (χ3n) is 3.31. The molecule has 1 aliphatic rings. The topological polar surface area (TPSA) is 55.4 Å². The third kappa shape index (κ3) is 3.80. The molecule has 5 heteroatoms. The highest BCUT2D eigenvalue weighted by atomic mass is 32.1. The number of nitrogens with one attached hydrogen (secondary N) is 1. The van der Waals surface area contributed by atoms with Gasteiger partial charge in [0.05, 0.1) is 5.56 Å². The average Bonchev–Trinajstić information content (AvgIpc) is 3.12. The Balaban J connectivity index is 1.79. The molecule has 0 spiro atoms. The summed E-state index contributed by atoms with van der Waals surface area (Å²) in [5, 5.41) is 2.85. The molecule has 1 atom stereocenters. The number of amides is 1. The molecular formula is C14H19NO3S. The summed E-state index contributed by atoms with van der Waals surface area (Å²) in [5.41, 5.74) is 0.561. The smallest absolute Gasteiger partial charge is 0.339 e. The SMILES string of the molecule is Cc1cc(C(=O)OCC(=O)N[C@H](C)C2CC2)c(C)s1. The van der Waals surface area contributed by atoms with E-state index in [0.717, 1.165) is 9.75 Å². The summed E-state index contributed by atoms with van der Waals surface area (Å²) in [6.45, 7) is 5.61. The van der Waals surface area contributed by atoms with Crippen LogP contribution in [0.2, 0.25) is 0 Å². The number of carbonyl (C=O) groups excluding carboxylic acids is 2. The lowest BCUT2D eigenvalue weighted by molar-refractivity contribution is -0.124. The van der Waals surface area contributed by atoms with Crippen molar-refractivity contribution in [2.24, 2.45) is 5.92 Å². The van der Waals surface area contributed by atoms with E-state index >= 15 is 0 Å². The van der Waals surface area contributed by atoms with Crippen LogP contribution in [-0.4, -0.2) is 24.5 Å². The van der Waals surface area contributed by atoms with Gasteiger partial charge in [0.25, 0.3) is 5.91 Å². The fourth-order valence-corrected chi connectivity index (χ4v) is 2.96. The molecule has 4 nitrogen and oxygen atoms in total. The van der Waals surface area contributed by atoms with Gasteiger partial charge in [0, 0.05) is 15.8 Å². The number of rotatable bonds is 5. The van der Waals surface area contributed by atoms with Crippen molar-refractivity contribution in [2.75, 3.05) is 6.61 Å². The van der Waals surface area contributed by atoms with E-state index < -0.39 is 5.97 Å². The summed E-state index contributed by atoms with van der Waals surface area (Å²) in [7, 11) is 0. The number of hydrogen-bond acceptors (Lipinski definition) is 4. The van der Waals surface area contributed by atoms with Crippen LogP contribution in [0.1, 0.15) is 39.9 Å². The molecule has 1 aliphatic carbocycles. The predicted molar refractivity (Wildman–Crippen MR) is 74.4 cm³/mol. The first-order chi connectivity index (χ1) is 8.97. The molecule has 1 aromatic heterocycles. The van der Waals surface area contributed by atoms with Crippen LogP contribution >= 0.6 is 11.3 Å². The van der Waals surface area contributed by atoms with Crippen LogP contribution < -0.4 is 5.32 Å². The first kappa shape index (κ1) is 14.1. The minimum Gasteiger partial charge on any atom is -0.452 e. The molecule has 0 aliphatic heterocycles. The Morgan fingerprint density at radius 1 is 1.47 bits per heavy atom. The molecule has 2 rings (SSSR count). The van der Waals surface area contributed by atoms with Gasteiger partial charge < -0.3 is 10.1 Å². The van der Waals surface area contributed by atoms with Gasteiger partial charge in [-0.05, 0) is 45.6 Å². The van der Waals surface area contributed by atoms with Crippen molar-refractivity contribution >= 4 is 23.2 Å². The number of carbonyl (C=O) groups is 2. The van der Waals surface area contributed by atoms with E-state index in [1.165, 1.54) is 12.8 Å². The number of hydrogen-bond donors (Lipinski definition) is 1. The maximum atomic E-state index is 11.8. The highest BCUT2D eigenvalue weighted by molar-refractivity contribution is 7.12. The summed E-state index contributed by atoms with van der Waals surface area (Å²) in [6.07, 6.45) is 2.35. The summed E-state index contributed by atoms with van der Waals surface area (Å²) < 4.78 is 5.04. The average molecular weight is 281 g/mol. The zero-order chi connectivity index (χ0) is 14.0. The van der Waals surface area contributed by atoms with Crippen molar-refractivity contribution in [3.63, 3.8) is 0 Å². The summed E-state index contributed by atoms with van der Waals surface area (Å²) in [5.74, 6) is -0.0464. The van der Waals surface area contributed by atoms with E-state index in [0.29, 0.717) is 11.5 Å². The van der Waals surface area contributed by atoms with Crippen molar-refractivity contribution in [3.8, 4) is 0 Å². The highest BCUT2D eigenvalue weighted by Gasteiger charge is 2.29. The highest BCUT2D eigenvalue weighted by Crippen LogP contribution is 2.32. The number of ether oxygens (including phenoxy) is 1. The van der Waals surface area contributed by atoms with Crippen molar-refractivity contribution < 1.29 is 14.3 Å². The van der Waals surface area contributed by atoms with Crippen LogP contribution in [0.3, 0.4) is 0 Å². The van der Waals surface area contributed by atoms with Crippen molar-refractivity contribution in [1.29, 1.82) is 0 Å². The molecule has 1 fully saturated rings. The van der Waals surface area contributed by atoms with E-state index in [1.54, 1.807) is 17.4 Å². The standard InChI is InChI=1S/C14H19NO3S/c1-8-6-12(10(3)19-8)14(17)18-7-13(16)15-9(2)11-4-5-11/h6,9,11H,4-5,7H2,1-3H3,(H,15,16)/t9-/m1/s1. The van der Waals surface area contributed by atoms with Crippen LogP contribution in [0.5, 0.6) is 0 Å². The Morgan fingerprint density at radius 2 is 2.16 bits per heavy atom. The summed E-state index contributed by atoms with van der Waals surface area (Å²) in [4.78, 5) is 25.4. The molecule has 1 saturated carbocycles. The van der Waals surface area contributed by atoms with Gasteiger partial charge in [-0.15, -0.1) is 11.3 Å². The second kappa shape index (κ2) is 5.74. The lowest BCUT2D eigenvalue weighted by Crippen LogP contribution is -2.37. The van der Waals surface area contributed by atoms with E-state index in [4.69, 9.17) is 4.74 Å². The number of aryl methyl sites for hydroxylation is 2. The molecule has 1 heterocycles. The molecule has 0 aromatic carbocycles. The normalized spacial score (nSPS) is 15.9. The fraction of sp³-hybridized carbons (Fsp3) is 0.571. The lowest BCUT2D eigenvalue weighted by Gasteiger charge is -2.12. The Bertz CT molecular complexity index is 491. The van der Waals surface area contributed by atoms with Crippen molar-refractivity contribution in [3.05, 3.63) is 21.4 Å². The Hall–Kier alpha value is -1.36. The molecule has 0 bridgehead atoms. The maximum absolute atomic E-state index is 11.8.